The average Bonchev–Trinajstić information content (AvgIpc) is 2.56. The predicted molar refractivity (Wildman–Crippen MR) is 75.1 cm³/mol. The third-order valence-electron chi connectivity index (χ3n) is 2.90. The van der Waals surface area contributed by atoms with Crippen molar-refractivity contribution in [2.75, 3.05) is 19.7 Å². The van der Waals surface area contributed by atoms with Crippen LogP contribution in [0.5, 0.6) is 0 Å². The molecule has 1 saturated heterocycles. The molecule has 1 fully saturated rings. The minimum absolute atomic E-state index is 0.0290. The molecule has 1 heterocycles. The largest absolute Gasteiger partial charge is 0.377 e. The summed E-state index contributed by atoms with van der Waals surface area (Å²) in [4.78, 5) is 14.2. The van der Waals surface area contributed by atoms with Crippen LogP contribution < -0.4 is 0 Å². The van der Waals surface area contributed by atoms with Crippen LogP contribution in [0, 0.1) is 0 Å². The Labute approximate surface area is 120 Å². The number of amides is 1. The second-order valence-electron chi connectivity index (χ2n) is 4.41. The maximum absolute atomic E-state index is 12.4. The Morgan fingerprint density at radius 3 is 3.11 bits per heavy atom. The fourth-order valence-electron chi connectivity index (χ4n) is 2.01. The molecular formula is C13H15BrClNO2. The third-order valence-corrected chi connectivity index (χ3v) is 3.72. The molecule has 98 valence electrons. The van der Waals surface area contributed by atoms with E-state index in [0.29, 0.717) is 30.3 Å². The van der Waals surface area contributed by atoms with Gasteiger partial charge in [0.1, 0.15) is 0 Å². The zero-order valence-electron chi connectivity index (χ0n) is 10.2. The lowest BCUT2D eigenvalue weighted by Gasteiger charge is -2.22. The quantitative estimate of drug-likeness (QED) is 0.789. The minimum Gasteiger partial charge on any atom is -0.377 e. The van der Waals surface area contributed by atoms with E-state index in [2.05, 4.69) is 15.9 Å². The number of carbonyl (C=O) groups is 1. The molecule has 1 unspecified atom stereocenters. The fourth-order valence-corrected chi connectivity index (χ4v) is 2.57. The summed E-state index contributed by atoms with van der Waals surface area (Å²) in [6.07, 6.45) is 0.934. The predicted octanol–water partition coefficient (Wildman–Crippen LogP) is 3.35. The topological polar surface area (TPSA) is 29.5 Å². The van der Waals surface area contributed by atoms with E-state index in [1.54, 1.807) is 12.1 Å². The Kier molecular flexibility index (Phi) is 4.65. The van der Waals surface area contributed by atoms with Crippen LogP contribution in [-0.2, 0) is 4.74 Å². The summed E-state index contributed by atoms with van der Waals surface area (Å²) in [6, 6.07) is 5.32. The molecule has 0 bridgehead atoms. The van der Waals surface area contributed by atoms with Crippen LogP contribution >= 0.6 is 27.5 Å². The van der Waals surface area contributed by atoms with Gasteiger partial charge in [0.25, 0.3) is 5.91 Å². The monoisotopic (exact) mass is 331 g/mol. The van der Waals surface area contributed by atoms with Crippen molar-refractivity contribution in [1.82, 2.24) is 4.90 Å². The summed E-state index contributed by atoms with van der Waals surface area (Å²) >= 11 is 9.45. The SMILES string of the molecule is CC1CN(C(=O)c2cc(Br)ccc2Cl)CCCO1. The number of hydrogen-bond acceptors (Lipinski definition) is 2. The normalized spacial score (nSPS) is 20.6. The van der Waals surface area contributed by atoms with Crippen molar-refractivity contribution in [1.29, 1.82) is 0 Å². The molecule has 1 aliphatic rings. The molecule has 0 saturated carbocycles. The molecule has 1 amide bonds. The summed E-state index contributed by atoms with van der Waals surface area (Å²) in [7, 11) is 0. The van der Waals surface area contributed by atoms with Crippen molar-refractivity contribution in [3.8, 4) is 0 Å². The third kappa shape index (κ3) is 3.25. The second kappa shape index (κ2) is 6.04. The molecule has 1 aromatic carbocycles. The van der Waals surface area contributed by atoms with Gasteiger partial charge in [-0.15, -0.1) is 0 Å². The van der Waals surface area contributed by atoms with E-state index in [9.17, 15) is 4.79 Å². The molecule has 1 aliphatic heterocycles. The van der Waals surface area contributed by atoms with Crippen LogP contribution in [0.25, 0.3) is 0 Å². The first-order valence-electron chi connectivity index (χ1n) is 5.94. The number of rotatable bonds is 1. The van der Waals surface area contributed by atoms with Gasteiger partial charge in [-0.2, -0.15) is 0 Å². The van der Waals surface area contributed by atoms with Crippen molar-refractivity contribution in [2.24, 2.45) is 0 Å². The smallest absolute Gasteiger partial charge is 0.255 e. The molecular weight excluding hydrogens is 318 g/mol. The van der Waals surface area contributed by atoms with E-state index in [-0.39, 0.29) is 12.0 Å². The van der Waals surface area contributed by atoms with Crippen molar-refractivity contribution >= 4 is 33.4 Å². The molecule has 0 spiro atoms. The summed E-state index contributed by atoms with van der Waals surface area (Å²) in [5.41, 5.74) is 0.542. The van der Waals surface area contributed by atoms with E-state index in [4.69, 9.17) is 16.3 Å². The maximum atomic E-state index is 12.4. The van der Waals surface area contributed by atoms with Gasteiger partial charge in [-0.3, -0.25) is 4.79 Å². The number of hydrogen-bond donors (Lipinski definition) is 0. The van der Waals surface area contributed by atoms with Gasteiger partial charge in [-0.1, -0.05) is 27.5 Å². The molecule has 0 N–H and O–H groups in total. The highest BCUT2D eigenvalue weighted by atomic mass is 79.9. The first-order chi connectivity index (χ1) is 8.58. The van der Waals surface area contributed by atoms with Crippen LogP contribution in [0.1, 0.15) is 23.7 Å². The average molecular weight is 333 g/mol. The lowest BCUT2D eigenvalue weighted by molar-refractivity contribution is 0.0563. The van der Waals surface area contributed by atoms with Gasteiger partial charge in [-0.25, -0.2) is 0 Å². The van der Waals surface area contributed by atoms with Crippen molar-refractivity contribution in [2.45, 2.75) is 19.4 Å². The summed E-state index contributed by atoms with van der Waals surface area (Å²) in [6.45, 7) is 4.01. The lowest BCUT2D eigenvalue weighted by atomic mass is 10.2. The highest BCUT2D eigenvalue weighted by Gasteiger charge is 2.22. The molecule has 0 radical (unpaired) electrons. The van der Waals surface area contributed by atoms with E-state index in [1.165, 1.54) is 0 Å². The van der Waals surface area contributed by atoms with Gasteiger partial charge >= 0.3 is 0 Å². The van der Waals surface area contributed by atoms with E-state index < -0.39 is 0 Å². The molecule has 1 aromatic rings. The Hall–Kier alpha value is -0.580. The zero-order valence-corrected chi connectivity index (χ0v) is 12.5. The Balaban J connectivity index is 2.21. The number of halogens is 2. The number of nitrogens with zero attached hydrogens (tertiary/aromatic N) is 1. The molecule has 0 aliphatic carbocycles. The van der Waals surface area contributed by atoms with Crippen molar-refractivity contribution < 1.29 is 9.53 Å². The van der Waals surface area contributed by atoms with Crippen LogP contribution in [0.2, 0.25) is 5.02 Å². The maximum Gasteiger partial charge on any atom is 0.255 e. The molecule has 0 aromatic heterocycles. The summed E-state index contributed by atoms with van der Waals surface area (Å²) in [5.74, 6) is -0.0290. The lowest BCUT2D eigenvalue weighted by Crippen LogP contribution is -2.36. The molecule has 5 heteroatoms. The first-order valence-corrected chi connectivity index (χ1v) is 7.11. The van der Waals surface area contributed by atoms with Gasteiger partial charge in [0.05, 0.1) is 16.7 Å². The molecule has 2 rings (SSSR count). The van der Waals surface area contributed by atoms with Crippen LogP contribution in [0.3, 0.4) is 0 Å². The van der Waals surface area contributed by atoms with Gasteiger partial charge < -0.3 is 9.64 Å². The van der Waals surface area contributed by atoms with Crippen LogP contribution in [-0.4, -0.2) is 36.6 Å². The molecule has 18 heavy (non-hydrogen) atoms. The van der Waals surface area contributed by atoms with Gasteiger partial charge in [0.2, 0.25) is 0 Å². The number of carbonyl (C=O) groups excluding carboxylic acids is 1. The Morgan fingerprint density at radius 1 is 1.56 bits per heavy atom. The van der Waals surface area contributed by atoms with Crippen molar-refractivity contribution in [3.05, 3.63) is 33.3 Å². The number of benzene rings is 1. The molecule has 3 nitrogen and oxygen atoms in total. The van der Waals surface area contributed by atoms with E-state index >= 15 is 0 Å². The van der Waals surface area contributed by atoms with E-state index in [0.717, 1.165) is 10.9 Å². The Morgan fingerprint density at radius 2 is 2.33 bits per heavy atom. The summed E-state index contributed by atoms with van der Waals surface area (Å²) in [5, 5.41) is 0.487. The van der Waals surface area contributed by atoms with Crippen LogP contribution in [0.4, 0.5) is 0 Å². The standard InChI is InChI=1S/C13H15BrClNO2/c1-9-8-16(5-2-6-18-9)13(17)11-7-10(14)3-4-12(11)15/h3-4,7,9H,2,5-6,8H2,1H3. The van der Waals surface area contributed by atoms with Crippen LogP contribution in [0.15, 0.2) is 22.7 Å². The molecule has 1 atom stereocenters. The highest BCUT2D eigenvalue weighted by Crippen LogP contribution is 2.23. The van der Waals surface area contributed by atoms with Gasteiger partial charge in [-0.05, 0) is 31.5 Å². The summed E-state index contributed by atoms with van der Waals surface area (Å²) < 4.78 is 6.39. The van der Waals surface area contributed by atoms with E-state index in [1.807, 2.05) is 17.9 Å². The first kappa shape index (κ1) is 13.8. The minimum atomic E-state index is -0.0290. The van der Waals surface area contributed by atoms with Gasteiger partial charge in [0, 0.05) is 24.2 Å². The second-order valence-corrected chi connectivity index (χ2v) is 5.73. The fraction of sp³-hybridized carbons (Fsp3) is 0.462. The highest BCUT2D eigenvalue weighted by molar-refractivity contribution is 9.10. The van der Waals surface area contributed by atoms with Gasteiger partial charge in [0.15, 0.2) is 0 Å². The zero-order chi connectivity index (χ0) is 13.1. The Bertz CT molecular complexity index is 453. The van der Waals surface area contributed by atoms with Crippen molar-refractivity contribution in [3.63, 3.8) is 0 Å². The number of ether oxygens (including phenoxy) is 1.